The van der Waals surface area contributed by atoms with Crippen LogP contribution in [0.4, 0.5) is 5.69 Å². The predicted octanol–water partition coefficient (Wildman–Crippen LogP) is 3.70. The van der Waals surface area contributed by atoms with Crippen LogP contribution < -0.4 is 10.7 Å². The highest BCUT2D eigenvalue weighted by Gasteiger charge is 2.05. The summed E-state index contributed by atoms with van der Waals surface area (Å²) in [6.07, 6.45) is 6.12. The number of nitrogens with zero attached hydrogens (tertiary/aromatic N) is 1. The number of nitrogens with one attached hydrogen (secondary N) is 2. The zero-order valence-corrected chi connectivity index (χ0v) is 14.3. The summed E-state index contributed by atoms with van der Waals surface area (Å²) in [5.41, 5.74) is 4.36. The predicted molar refractivity (Wildman–Crippen MR) is 104 cm³/mol. The van der Waals surface area contributed by atoms with Gasteiger partial charge in [-0.2, -0.15) is 5.10 Å². The molecular weight excluding hydrogens is 342 g/mol. The molecule has 134 valence electrons. The van der Waals surface area contributed by atoms with Crippen molar-refractivity contribution in [3.8, 4) is 0 Å². The van der Waals surface area contributed by atoms with Crippen LogP contribution >= 0.6 is 0 Å². The summed E-state index contributed by atoms with van der Waals surface area (Å²) in [7, 11) is 0. The molecule has 2 aromatic carbocycles. The Morgan fingerprint density at radius 1 is 0.926 bits per heavy atom. The summed E-state index contributed by atoms with van der Waals surface area (Å²) in [5, 5.41) is 6.56. The largest absolute Gasteiger partial charge is 0.463 e. The van der Waals surface area contributed by atoms with Crippen LogP contribution in [0.2, 0.25) is 0 Å². The molecule has 6 nitrogen and oxygen atoms in total. The van der Waals surface area contributed by atoms with Gasteiger partial charge in [-0.05, 0) is 48.0 Å². The van der Waals surface area contributed by atoms with Crippen LogP contribution in [-0.2, 0) is 4.79 Å². The van der Waals surface area contributed by atoms with E-state index in [4.69, 9.17) is 4.42 Å². The van der Waals surface area contributed by atoms with E-state index in [0.29, 0.717) is 17.0 Å². The molecule has 0 saturated carbocycles. The lowest BCUT2D eigenvalue weighted by Crippen LogP contribution is -2.17. The smallest absolute Gasteiger partial charge is 0.271 e. The first kappa shape index (κ1) is 17.9. The molecule has 0 aliphatic rings. The molecule has 1 heterocycles. The van der Waals surface area contributed by atoms with Gasteiger partial charge in [0.2, 0.25) is 5.91 Å². The Balaban J connectivity index is 1.52. The Morgan fingerprint density at radius 3 is 2.41 bits per heavy atom. The van der Waals surface area contributed by atoms with E-state index < -0.39 is 0 Å². The summed E-state index contributed by atoms with van der Waals surface area (Å²) >= 11 is 0. The van der Waals surface area contributed by atoms with Gasteiger partial charge in [-0.25, -0.2) is 5.43 Å². The number of rotatable bonds is 6. The summed E-state index contributed by atoms with van der Waals surface area (Å²) in [4.78, 5) is 24.0. The number of anilines is 1. The summed E-state index contributed by atoms with van der Waals surface area (Å²) in [6, 6.07) is 19.5. The lowest BCUT2D eigenvalue weighted by atomic mass is 10.2. The van der Waals surface area contributed by atoms with E-state index in [-0.39, 0.29) is 11.8 Å². The van der Waals surface area contributed by atoms with Crippen molar-refractivity contribution in [3.63, 3.8) is 0 Å². The zero-order chi connectivity index (χ0) is 18.9. The van der Waals surface area contributed by atoms with Gasteiger partial charge in [0.1, 0.15) is 5.76 Å². The van der Waals surface area contributed by atoms with Gasteiger partial charge < -0.3 is 9.73 Å². The second-order valence-electron chi connectivity index (χ2n) is 5.53. The SMILES string of the molecule is O=C(/C=C/c1ccccc1)Nc1ccc(C(=O)N/N=C\c2ccco2)cc1. The number of hydrogen-bond donors (Lipinski definition) is 2. The maximum absolute atomic E-state index is 12.0. The number of carbonyl (C=O) groups is 2. The monoisotopic (exact) mass is 359 g/mol. The molecule has 1 aromatic heterocycles. The highest BCUT2D eigenvalue weighted by molar-refractivity contribution is 6.02. The van der Waals surface area contributed by atoms with Gasteiger partial charge in [0.05, 0.1) is 12.5 Å². The first-order chi connectivity index (χ1) is 13.2. The topological polar surface area (TPSA) is 83.7 Å². The lowest BCUT2D eigenvalue weighted by Gasteiger charge is -2.04. The molecular formula is C21H17N3O3. The molecule has 0 aliphatic carbocycles. The fraction of sp³-hybridized carbons (Fsp3) is 0. The van der Waals surface area contributed by atoms with Crippen molar-refractivity contribution in [2.45, 2.75) is 0 Å². The Labute approximate surface area is 156 Å². The highest BCUT2D eigenvalue weighted by Crippen LogP contribution is 2.10. The van der Waals surface area contributed by atoms with E-state index >= 15 is 0 Å². The molecule has 0 unspecified atom stereocenters. The Hall–Kier alpha value is -3.93. The van der Waals surface area contributed by atoms with E-state index in [1.54, 1.807) is 42.5 Å². The van der Waals surface area contributed by atoms with Crippen LogP contribution in [0, 0.1) is 0 Å². The van der Waals surface area contributed by atoms with Crippen LogP contribution in [-0.4, -0.2) is 18.0 Å². The second-order valence-corrected chi connectivity index (χ2v) is 5.53. The molecule has 0 atom stereocenters. The minimum atomic E-state index is -0.361. The molecule has 0 saturated heterocycles. The first-order valence-corrected chi connectivity index (χ1v) is 8.22. The van der Waals surface area contributed by atoms with Crippen LogP contribution in [0.3, 0.4) is 0 Å². The minimum absolute atomic E-state index is 0.251. The standard InChI is InChI=1S/C21H17N3O3/c25-20(13-8-16-5-2-1-3-6-16)23-18-11-9-17(10-12-18)21(26)24-22-15-19-7-4-14-27-19/h1-15H,(H,23,25)(H,24,26)/b13-8+,22-15-. The van der Waals surface area contributed by atoms with Crippen LogP contribution in [0.15, 0.2) is 88.6 Å². The van der Waals surface area contributed by atoms with E-state index in [1.165, 1.54) is 18.6 Å². The lowest BCUT2D eigenvalue weighted by molar-refractivity contribution is -0.111. The van der Waals surface area contributed by atoms with Gasteiger partial charge in [-0.1, -0.05) is 30.3 Å². The second kappa shape index (κ2) is 8.96. The summed E-state index contributed by atoms with van der Waals surface area (Å²) < 4.78 is 5.08. The third-order valence-corrected chi connectivity index (χ3v) is 3.54. The molecule has 27 heavy (non-hydrogen) atoms. The number of hydrogen-bond acceptors (Lipinski definition) is 4. The average Bonchev–Trinajstić information content (AvgIpc) is 3.21. The average molecular weight is 359 g/mol. The molecule has 2 N–H and O–H groups in total. The molecule has 0 aliphatic heterocycles. The van der Waals surface area contributed by atoms with Gasteiger partial charge >= 0.3 is 0 Å². The third kappa shape index (κ3) is 5.54. The Morgan fingerprint density at radius 2 is 1.70 bits per heavy atom. The number of furan rings is 1. The Bertz CT molecular complexity index is 944. The van der Waals surface area contributed by atoms with Gasteiger partial charge in [0, 0.05) is 17.3 Å². The van der Waals surface area contributed by atoms with E-state index in [0.717, 1.165) is 5.56 Å². The van der Waals surface area contributed by atoms with Crippen molar-refractivity contribution >= 4 is 29.8 Å². The van der Waals surface area contributed by atoms with Crippen molar-refractivity contribution in [1.29, 1.82) is 0 Å². The van der Waals surface area contributed by atoms with Crippen LogP contribution in [0.25, 0.3) is 6.08 Å². The zero-order valence-electron chi connectivity index (χ0n) is 14.3. The van der Waals surface area contributed by atoms with E-state index in [2.05, 4.69) is 15.8 Å². The minimum Gasteiger partial charge on any atom is -0.463 e. The molecule has 3 rings (SSSR count). The van der Waals surface area contributed by atoms with Gasteiger partial charge in [0.25, 0.3) is 5.91 Å². The molecule has 2 amide bonds. The number of amides is 2. The van der Waals surface area contributed by atoms with Crippen molar-refractivity contribution in [1.82, 2.24) is 5.43 Å². The van der Waals surface area contributed by atoms with Crippen LogP contribution in [0.5, 0.6) is 0 Å². The van der Waals surface area contributed by atoms with E-state index in [9.17, 15) is 9.59 Å². The van der Waals surface area contributed by atoms with Crippen LogP contribution in [0.1, 0.15) is 21.7 Å². The summed E-state index contributed by atoms with van der Waals surface area (Å²) in [5.74, 6) is -0.0734. The number of carbonyl (C=O) groups excluding carboxylic acids is 2. The highest BCUT2D eigenvalue weighted by atomic mass is 16.3. The number of hydrazone groups is 1. The molecule has 6 heteroatoms. The van der Waals surface area contributed by atoms with Crippen molar-refractivity contribution in [3.05, 3.63) is 96.0 Å². The fourth-order valence-corrected chi connectivity index (χ4v) is 2.21. The number of benzene rings is 2. The third-order valence-electron chi connectivity index (χ3n) is 3.54. The molecule has 0 radical (unpaired) electrons. The maximum Gasteiger partial charge on any atom is 0.271 e. The normalized spacial score (nSPS) is 11.0. The molecule has 0 fully saturated rings. The molecule has 3 aromatic rings. The molecule has 0 bridgehead atoms. The van der Waals surface area contributed by atoms with Crippen molar-refractivity contribution in [2.24, 2.45) is 5.10 Å². The maximum atomic E-state index is 12.0. The van der Waals surface area contributed by atoms with Crippen molar-refractivity contribution in [2.75, 3.05) is 5.32 Å². The van der Waals surface area contributed by atoms with Gasteiger partial charge in [-0.15, -0.1) is 0 Å². The Kier molecular flexibility index (Phi) is 5.93. The van der Waals surface area contributed by atoms with Gasteiger partial charge in [0.15, 0.2) is 0 Å². The summed E-state index contributed by atoms with van der Waals surface area (Å²) in [6.45, 7) is 0. The molecule has 0 spiro atoms. The van der Waals surface area contributed by atoms with Gasteiger partial charge in [-0.3, -0.25) is 9.59 Å². The van der Waals surface area contributed by atoms with Crippen molar-refractivity contribution < 1.29 is 14.0 Å². The quantitative estimate of drug-likeness (QED) is 0.400. The fourth-order valence-electron chi connectivity index (χ4n) is 2.21. The van der Waals surface area contributed by atoms with E-state index in [1.807, 2.05) is 30.3 Å². The first-order valence-electron chi connectivity index (χ1n) is 8.22.